The fourth-order valence-corrected chi connectivity index (χ4v) is 3.85. The Hall–Kier alpha value is -0.860. The minimum Gasteiger partial charge on any atom is -0.312 e. The van der Waals surface area contributed by atoms with E-state index in [4.69, 9.17) is 0 Å². The molecule has 2 rings (SSSR count). The van der Waals surface area contributed by atoms with Crippen molar-refractivity contribution in [3.8, 4) is 0 Å². The summed E-state index contributed by atoms with van der Waals surface area (Å²) in [5, 5.41) is 3.89. The first-order valence-corrected chi connectivity index (χ1v) is 8.82. The van der Waals surface area contributed by atoms with Crippen molar-refractivity contribution in [2.45, 2.75) is 58.5 Å². The molecule has 0 aromatic heterocycles. The molecule has 0 amide bonds. The van der Waals surface area contributed by atoms with Crippen LogP contribution < -0.4 is 5.32 Å². The van der Waals surface area contributed by atoms with Crippen LogP contribution in [0.15, 0.2) is 30.3 Å². The van der Waals surface area contributed by atoms with Gasteiger partial charge < -0.3 is 5.32 Å². The second kappa shape index (κ2) is 8.55. The third-order valence-electron chi connectivity index (χ3n) is 5.19. The molecular weight excluding hydrogens is 256 g/mol. The molecular formula is C19H32N2. The predicted octanol–water partition coefficient (Wildman–Crippen LogP) is 4.24. The number of benzene rings is 1. The Bertz CT molecular complexity index is 386. The summed E-state index contributed by atoms with van der Waals surface area (Å²) in [5.41, 5.74) is 1.44. The van der Waals surface area contributed by atoms with E-state index in [9.17, 15) is 0 Å². The molecule has 1 aliphatic carbocycles. The van der Waals surface area contributed by atoms with Gasteiger partial charge in [-0.25, -0.2) is 0 Å². The maximum Gasteiger partial charge on any atom is 0.0472 e. The SMILES string of the molecule is CCC1CCCC1NCC(c1ccccc1)N(CC)CC. The minimum atomic E-state index is 0.499. The summed E-state index contributed by atoms with van der Waals surface area (Å²) >= 11 is 0. The van der Waals surface area contributed by atoms with Crippen molar-refractivity contribution in [3.05, 3.63) is 35.9 Å². The molecule has 118 valence electrons. The van der Waals surface area contributed by atoms with Gasteiger partial charge >= 0.3 is 0 Å². The van der Waals surface area contributed by atoms with E-state index in [0.29, 0.717) is 6.04 Å². The van der Waals surface area contributed by atoms with E-state index >= 15 is 0 Å². The van der Waals surface area contributed by atoms with Crippen LogP contribution >= 0.6 is 0 Å². The molecule has 1 aromatic carbocycles. The highest BCUT2D eigenvalue weighted by Gasteiger charge is 2.27. The van der Waals surface area contributed by atoms with Gasteiger partial charge in [0, 0.05) is 18.6 Å². The van der Waals surface area contributed by atoms with E-state index in [1.807, 2.05) is 0 Å². The van der Waals surface area contributed by atoms with Crippen LogP contribution in [0, 0.1) is 5.92 Å². The molecule has 0 radical (unpaired) electrons. The van der Waals surface area contributed by atoms with Gasteiger partial charge in [-0.05, 0) is 37.4 Å². The van der Waals surface area contributed by atoms with E-state index < -0.39 is 0 Å². The summed E-state index contributed by atoms with van der Waals surface area (Å²) in [6.45, 7) is 10.2. The lowest BCUT2D eigenvalue weighted by Gasteiger charge is -2.32. The van der Waals surface area contributed by atoms with Crippen LogP contribution in [-0.2, 0) is 0 Å². The van der Waals surface area contributed by atoms with Gasteiger partial charge in [0.15, 0.2) is 0 Å². The monoisotopic (exact) mass is 288 g/mol. The van der Waals surface area contributed by atoms with Gasteiger partial charge in [0.2, 0.25) is 0 Å². The summed E-state index contributed by atoms with van der Waals surface area (Å²) in [6, 6.07) is 12.2. The van der Waals surface area contributed by atoms with Gasteiger partial charge in [0.25, 0.3) is 0 Å². The summed E-state index contributed by atoms with van der Waals surface area (Å²) in [7, 11) is 0. The van der Waals surface area contributed by atoms with Gasteiger partial charge in [-0.3, -0.25) is 4.90 Å². The average Bonchev–Trinajstić information content (AvgIpc) is 2.99. The Kier molecular flexibility index (Phi) is 6.72. The standard InChI is InChI=1S/C19H32N2/c1-4-16-13-10-14-18(16)20-15-19(21(5-2)6-3)17-11-8-7-9-12-17/h7-9,11-12,16,18-20H,4-6,10,13-15H2,1-3H3. The van der Waals surface area contributed by atoms with Crippen molar-refractivity contribution in [1.29, 1.82) is 0 Å². The Morgan fingerprint density at radius 3 is 2.43 bits per heavy atom. The number of likely N-dealkylation sites (N-methyl/N-ethyl adjacent to an activating group) is 1. The van der Waals surface area contributed by atoms with Gasteiger partial charge in [-0.1, -0.05) is 63.9 Å². The molecule has 2 heteroatoms. The van der Waals surface area contributed by atoms with Crippen LogP contribution in [0.1, 0.15) is 58.1 Å². The fraction of sp³-hybridized carbons (Fsp3) is 0.684. The smallest absolute Gasteiger partial charge is 0.0472 e. The molecule has 2 nitrogen and oxygen atoms in total. The van der Waals surface area contributed by atoms with Crippen LogP contribution in [0.2, 0.25) is 0 Å². The average molecular weight is 288 g/mol. The van der Waals surface area contributed by atoms with Crippen molar-refractivity contribution in [1.82, 2.24) is 10.2 Å². The van der Waals surface area contributed by atoms with Crippen molar-refractivity contribution in [2.75, 3.05) is 19.6 Å². The van der Waals surface area contributed by atoms with Crippen LogP contribution in [0.25, 0.3) is 0 Å². The highest BCUT2D eigenvalue weighted by Crippen LogP contribution is 2.29. The molecule has 1 aromatic rings. The van der Waals surface area contributed by atoms with Gasteiger partial charge in [-0.2, -0.15) is 0 Å². The number of rotatable bonds is 8. The molecule has 0 bridgehead atoms. The molecule has 0 spiro atoms. The van der Waals surface area contributed by atoms with Gasteiger partial charge in [0.1, 0.15) is 0 Å². The maximum absolute atomic E-state index is 3.89. The summed E-state index contributed by atoms with van der Waals surface area (Å²) in [5.74, 6) is 0.887. The van der Waals surface area contributed by atoms with Crippen molar-refractivity contribution in [3.63, 3.8) is 0 Å². The molecule has 1 N–H and O–H groups in total. The van der Waals surface area contributed by atoms with Crippen LogP contribution in [0.3, 0.4) is 0 Å². The zero-order chi connectivity index (χ0) is 15.1. The molecule has 0 saturated heterocycles. The van der Waals surface area contributed by atoms with Crippen LogP contribution in [0.5, 0.6) is 0 Å². The van der Waals surface area contributed by atoms with Crippen molar-refractivity contribution in [2.24, 2.45) is 5.92 Å². The molecule has 0 heterocycles. The van der Waals surface area contributed by atoms with E-state index in [1.165, 1.54) is 31.2 Å². The van der Waals surface area contributed by atoms with Crippen molar-refractivity contribution >= 4 is 0 Å². The molecule has 21 heavy (non-hydrogen) atoms. The Labute approximate surface area is 130 Å². The molecule has 1 fully saturated rings. The Balaban J connectivity index is 2.02. The number of nitrogens with one attached hydrogen (secondary N) is 1. The highest BCUT2D eigenvalue weighted by atomic mass is 15.2. The normalized spacial score (nSPS) is 23.6. The molecule has 3 unspecified atom stereocenters. The minimum absolute atomic E-state index is 0.499. The van der Waals surface area contributed by atoms with E-state index in [1.54, 1.807) is 0 Å². The lowest BCUT2D eigenvalue weighted by Crippen LogP contribution is -2.41. The number of nitrogens with zero attached hydrogens (tertiary/aromatic N) is 1. The summed E-state index contributed by atoms with van der Waals surface area (Å²) in [6.07, 6.45) is 5.49. The number of hydrogen-bond donors (Lipinski definition) is 1. The molecule has 1 saturated carbocycles. The first kappa shape index (κ1) is 16.5. The van der Waals surface area contributed by atoms with E-state index in [0.717, 1.165) is 31.6 Å². The fourth-order valence-electron chi connectivity index (χ4n) is 3.85. The summed E-state index contributed by atoms with van der Waals surface area (Å²) < 4.78 is 0. The van der Waals surface area contributed by atoms with E-state index in [2.05, 4.69) is 61.3 Å². The zero-order valence-corrected chi connectivity index (χ0v) is 14.0. The first-order valence-electron chi connectivity index (χ1n) is 8.82. The topological polar surface area (TPSA) is 15.3 Å². The highest BCUT2D eigenvalue weighted by molar-refractivity contribution is 5.19. The third-order valence-corrected chi connectivity index (χ3v) is 5.19. The molecule has 3 atom stereocenters. The van der Waals surface area contributed by atoms with Gasteiger partial charge in [0.05, 0.1) is 0 Å². The van der Waals surface area contributed by atoms with Gasteiger partial charge in [-0.15, -0.1) is 0 Å². The zero-order valence-electron chi connectivity index (χ0n) is 14.0. The first-order chi connectivity index (χ1) is 10.3. The molecule has 0 aliphatic heterocycles. The van der Waals surface area contributed by atoms with Crippen LogP contribution in [0.4, 0.5) is 0 Å². The van der Waals surface area contributed by atoms with Crippen molar-refractivity contribution < 1.29 is 0 Å². The maximum atomic E-state index is 3.89. The van der Waals surface area contributed by atoms with Crippen LogP contribution in [-0.4, -0.2) is 30.6 Å². The lowest BCUT2D eigenvalue weighted by atomic mass is 9.99. The number of hydrogen-bond acceptors (Lipinski definition) is 2. The Morgan fingerprint density at radius 1 is 1.10 bits per heavy atom. The second-order valence-corrected chi connectivity index (χ2v) is 6.26. The summed E-state index contributed by atoms with van der Waals surface area (Å²) in [4.78, 5) is 2.57. The lowest BCUT2D eigenvalue weighted by molar-refractivity contribution is 0.203. The third kappa shape index (κ3) is 4.31. The predicted molar refractivity (Wildman–Crippen MR) is 91.5 cm³/mol. The second-order valence-electron chi connectivity index (χ2n) is 6.26. The Morgan fingerprint density at radius 2 is 1.81 bits per heavy atom. The van der Waals surface area contributed by atoms with E-state index in [-0.39, 0.29) is 0 Å². The molecule has 1 aliphatic rings. The largest absolute Gasteiger partial charge is 0.312 e. The quantitative estimate of drug-likeness (QED) is 0.770.